The molecule has 0 aliphatic rings. The van der Waals surface area contributed by atoms with Crippen molar-refractivity contribution in [2.75, 3.05) is 47.5 Å². The van der Waals surface area contributed by atoms with Gasteiger partial charge in [0.15, 0.2) is 12.4 Å². The normalized spacial score (nSPS) is 13.0. The molecule has 0 amide bonds. The van der Waals surface area contributed by atoms with Crippen LogP contribution >= 0.6 is 0 Å². The molecule has 0 aromatic rings. The molecule has 0 bridgehead atoms. The van der Waals surface area contributed by atoms with Gasteiger partial charge in [0.05, 0.1) is 40.3 Å². The average molecular weight is 906 g/mol. The zero-order valence-corrected chi connectivity index (χ0v) is 42.7. The van der Waals surface area contributed by atoms with Crippen molar-refractivity contribution in [2.24, 2.45) is 0 Å². The minimum Gasteiger partial charge on any atom is -0.545 e. The van der Waals surface area contributed by atoms with Crippen LogP contribution in [0, 0.1) is 0 Å². The van der Waals surface area contributed by atoms with Crippen LogP contribution in [0.5, 0.6) is 0 Å². The summed E-state index contributed by atoms with van der Waals surface area (Å²) in [5.74, 6) is -2.27. The number of hydrogen-bond acceptors (Lipinski definition) is 8. The van der Waals surface area contributed by atoms with Crippen molar-refractivity contribution in [1.29, 1.82) is 0 Å². The maximum Gasteiger partial charge on any atom is 0.306 e. The first kappa shape index (κ1) is 61.8. The topological polar surface area (TPSA) is 111 Å². The molecule has 2 atom stereocenters. The molecule has 9 nitrogen and oxygen atoms in total. The zero-order chi connectivity index (χ0) is 47.0. The van der Waals surface area contributed by atoms with Crippen LogP contribution in [0.3, 0.4) is 0 Å². The van der Waals surface area contributed by atoms with Gasteiger partial charge in [0, 0.05) is 12.8 Å². The second-order valence-corrected chi connectivity index (χ2v) is 19.5. The Morgan fingerprint density at radius 3 is 1.23 bits per heavy atom. The van der Waals surface area contributed by atoms with E-state index in [4.69, 9.17) is 18.9 Å². The fourth-order valence-electron chi connectivity index (χ4n) is 7.74. The van der Waals surface area contributed by atoms with E-state index in [-0.39, 0.29) is 32.2 Å². The maximum absolute atomic E-state index is 12.8. The second-order valence-electron chi connectivity index (χ2n) is 19.5. The molecule has 0 heterocycles. The van der Waals surface area contributed by atoms with Gasteiger partial charge in [-0.25, -0.2) is 0 Å². The molecular formula is C55H103NO8. The third-order valence-electron chi connectivity index (χ3n) is 12.0. The third kappa shape index (κ3) is 47.7. The van der Waals surface area contributed by atoms with Gasteiger partial charge in [-0.1, -0.05) is 218 Å². The minimum absolute atomic E-state index is 0.150. The second kappa shape index (κ2) is 47.3. The van der Waals surface area contributed by atoms with E-state index in [0.717, 1.165) is 38.5 Å². The van der Waals surface area contributed by atoms with Crippen molar-refractivity contribution in [1.82, 2.24) is 0 Å². The third-order valence-corrected chi connectivity index (χ3v) is 12.0. The Kier molecular flexibility index (Phi) is 45.6. The van der Waals surface area contributed by atoms with E-state index >= 15 is 0 Å². The number of nitrogens with zero attached hydrogens (tertiary/aromatic N) is 1. The maximum atomic E-state index is 12.8. The molecule has 0 fully saturated rings. The summed E-state index contributed by atoms with van der Waals surface area (Å²) in [7, 11) is 5.92. The number of likely N-dealkylation sites (N-methyl/N-ethyl adjacent to an activating group) is 1. The highest BCUT2D eigenvalue weighted by atomic mass is 16.7. The molecule has 0 aliphatic carbocycles. The lowest BCUT2D eigenvalue weighted by Gasteiger charge is -2.26. The lowest BCUT2D eigenvalue weighted by molar-refractivity contribution is -0.870. The molecular weight excluding hydrogens is 803 g/mol. The van der Waals surface area contributed by atoms with Crippen molar-refractivity contribution in [3.8, 4) is 0 Å². The number of carbonyl (C=O) groups excluding carboxylic acids is 3. The molecule has 0 radical (unpaired) electrons. The summed E-state index contributed by atoms with van der Waals surface area (Å²) in [5, 5.41) is 11.7. The summed E-state index contributed by atoms with van der Waals surface area (Å²) in [4.78, 5) is 37.1. The molecule has 0 aromatic heterocycles. The van der Waals surface area contributed by atoms with E-state index in [1.54, 1.807) is 0 Å². The van der Waals surface area contributed by atoms with Gasteiger partial charge in [-0.05, 0) is 44.9 Å². The van der Waals surface area contributed by atoms with Crippen molar-refractivity contribution in [2.45, 2.75) is 264 Å². The van der Waals surface area contributed by atoms with Crippen LogP contribution < -0.4 is 5.11 Å². The Bertz CT molecular complexity index is 1100. The van der Waals surface area contributed by atoms with Crippen LogP contribution in [0.4, 0.5) is 0 Å². The summed E-state index contributed by atoms with van der Waals surface area (Å²) >= 11 is 0. The SMILES string of the molecule is CCCCCCC/C=C\C/C=C\CCCCCCCCCCCCCCCCCC(=O)OC(COC(=O)CCCCCCCCCCCCCC)COC(OCC[N+](C)(C)C)C(=O)[O-]. The molecule has 0 saturated heterocycles. The highest BCUT2D eigenvalue weighted by molar-refractivity contribution is 5.70. The summed E-state index contributed by atoms with van der Waals surface area (Å²) in [6.07, 6.45) is 50.8. The van der Waals surface area contributed by atoms with Gasteiger partial charge in [0.1, 0.15) is 13.2 Å². The van der Waals surface area contributed by atoms with Crippen LogP contribution in [0.15, 0.2) is 24.3 Å². The number of carboxylic acids is 1. The fourth-order valence-corrected chi connectivity index (χ4v) is 7.74. The first-order chi connectivity index (χ1) is 31.1. The monoisotopic (exact) mass is 906 g/mol. The van der Waals surface area contributed by atoms with Crippen molar-refractivity contribution >= 4 is 17.9 Å². The van der Waals surface area contributed by atoms with Crippen LogP contribution in [-0.4, -0.2) is 82.3 Å². The van der Waals surface area contributed by atoms with Crippen LogP contribution in [-0.2, 0) is 33.3 Å². The molecule has 376 valence electrons. The van der Waals surface area contributed by atoms with E-state index in [2.05, 4.69) is 38.2 Å². The molecule has 0 spiro atoms. The number of ether oxygens (including phenoxy) is 4. The average Bonchev–Trinajstić information content (AvgIpc) is 3.26. The van der Waals surface area contributed by atoms with Crippen molar-refractivity contribution in [3.05, 3.63) is 24.3 Å². The highest BCUT2D eigenvalue weighted by Crippen LogP contribution is 2.16. The van der Waals surface area contributed by atoms with E-state index < -0.39 is 24.3 Å². The van der Waals surface area contributed by atoms with E-state index in [1.165, 1.54) is 180 Å². The molecule has 2 unspecified atom stereocenters. The largest absolute Gasteiger partial charge is 0.545 e. The van der Waals surface area contributed by atoms with Gasteiger partial charge in [-0.2, -0.15) is 0 Å². The van der Waals surface area contributed by atoms with E-state index in [0.29, 0.717) is 23.9 Å². The van der Waals surface area contributed by atoms with Gasteiger partial charge in [-0.15, -0.1) is 0 Å². The number of rotatable bonds is 50. The molecule has 0 aromatic carbocycles. The lowest BCUT2D eigenvalue weighted by atomic mass is 10.0. The number of unbranched alkanes of at least 4 members (excludes halogenated alkanes) is 31. The summed E-state index contributed by atoms with van der Waals surface area (Å²) in [6.45, 7) is 4.76. The molecule has 0 N–H and O–H groups in total. The standard InChI is InChI=1S/C55H103NO8/c1-6-8-10-12-14-16-18-20-21-22-23-24-25-26-27-28-29-30-31-32-33-34-36-38-40-42-44-46-53(58)64-51(50-63-55(54(59)60)61-48-47-56(3,4)5)49-62-52(57)45-43-41-39-37-35-19-17-15-13-11-9-7-2/h18,20,22-23,51,55H,6-17,19,21,24-50H2,1-5H3/b20-18-,23-22-. The summed E-state index contributed by atoms with van der Waals surface area (Å²) < 4.78 is 22.6. The number of hydrogen-bond donors (Lipinski definition) is 0. The van der Waals surface area contributed by atoms with Crippen LogP contribution in [0.1, 0.15) is 251 Å². The molecule has 0 rings (SSSR count). The molecule has 64 heavy (non-hydrogen) atoms. The number of quaternary nitrogens is 1. The highest BCUT2D eigenvalue weighted by Gasteiger charge is 2.22. The predicted molar refractivity (Wildman–Crippen MR) is 265 cm³/mol. The van der Waals surface area contributed by atoms with Gasteiger partial charge in [0.2, 0.25) is 0 Å². The molecule has 0 aliphatic heterocycles. The van der Waals surface area contributed by atoms with E-state index in [1.807, 2.05) is 21.1 Å². The van der Waals surface area contributed by atoms with E-state index in [9.17, 15) is 19.5 Å². The number of carbonyl (C=O) groups is 3. The molecule has 9 heteroatoms. The summed E-state index contributed by atoms with van der Waals surface area (Å²) in [6, 6.07) is 0. The minimum atomic E-state index is -1.62. The smallest absolute Gasteiger partial charge is 0.306 e. The number of carboxylic acid groups (broad SMARTS) is 1. The Balaban J connectivity index is 4.17. The van der Waals surface area contributed by atoms with Gasteiger partial charge in [0.25, 0.3) is 0 Å². The fraction of sp³-hybridized carbons (Fsp3) is 0.873. The Morgan fingerprint density at radius 1 is 0.469 bits per heavy atom. The predicted octanol–water partition coefficient (Wildman–Crippen LogP) is 13.8. The van der Waals surface area contributed by atoms with Crippen LogP contribution in [0.2, 0.25) is 0 Å². The Labute approximate surface area is 395 Å². The number of esters is 2. The Hall–Kier alpha value is -2.23. The van der Waals surface area contributed by atoms with Gasteiger partial charge in [-0.3, -0.25) is 9.59 Å². The number of aliphatic carboxylic acids is 1. The first-order valence-corrected chi connectivity index (χ1v) is 27.0. The lowest BCUT2D eigenvalue weighted by Crippen LogP contribution is -2.44. The van der Waals surface area contributed by atoms with Crippen LogP contribution in [0.25, 0.3) is 0 Å². The first-order valence-electron chi connectivity index (χ1n) is 27.0. The summed E-state index contributed by atoms with van der Waals surface area (Å²) in [5.41, 5.74) is 0. The van der Waals surface area contributed by atoms with Gasteiger partial charge >= 0.3 is 11.9 Å². The van der Waals surface area contributed by atoms with Crippen molar-refractivity contribution in [3.63, 3.8) is 0 Å². The molecule has 0 saturated carbocycles. The zero-order valence-electron chi connectivity index (χ0n) is 42.7. The van der Waals surface area contributed by atoms with Crippen molar-refractivity contribution < 1.29 is 42.9 Å². The Morgan fingerprint density at radius 2 is 0.844 bits per heavy atom. The number of allylic oxidation sites excluding steroid dienone is 4. The quantitative estimate of drug-likeness (QED) is 0.0195. The van der Waals surface area contributed by atoms with Gasteiger partial charge < -0.3 is 33.3 Å².